The second kappa shape index (κ2) is 9.19. The number of aryl methyl sites for hydroxylation is 1. The number of carbonyl (C=O) groups is 1. The molecule has 0 saturated carbocycles. The first-order valence-electron chi connectivity index (χ1n) is 9.99. The lowest BCUT2D eigenvalue weighted by molar-refractivity contribution is -0.141. The van der Waals surface area contributed by atoms with Crippen molar-refractivity contribution in [2.75, 3.05) is 0 Å². The minimum absolute atomic E-state index is 0.253. The summed E-state index contributed by atoms with van der Waals surface area (Å²) in [5.41, 5.74) is 0.811. The number of nitrogens with zero attached hydrogens (tertiary/aromatic N) is 4. The lowest BCUT2D eigenvalue weighted by Gasteiger charge is -2.09. The highest BCUT2D eigenvalue weighted by molar-refractivity contribution is 5.94. The fourth-order valence-electron chi connectivity index (χ4n) is 3.06. The zero-order valence-corrected chi connectivity index (χ0v) is 17.6. The predicted molar refractivity (Wildman–Crippen MR) is 114 cm³/mol. The summed E-state index contributed by atoms with van der Waals surface area (Å²) in [7, 11) is 1.88. The highest BCUT2D eigenvalue weighted by atomic mass is 19.4. The summed E-state index contributed by atoms with van der Waals surface area (Å²) in [6, 6.07) is 14.4. The van der Waals surface area contributed by atoms with Gasteiger partial charge < -0.3 is 14.6 Å². The number of amides is 1. The third kappa shape index (κ3) is 5.40. The number of hydrogen-bond acceptors (Lipinski definition) is 4. The fourth-order valence-corrected chi connectivity index (χ4v) is 3.06. The molecule has 0 atom stereocenters. The molecule has 2 heterocycles. The Morgan fingerprint density at radius 2 is 1.76 bits per heavy atom. The van der Waals surface area contributed by atoms with E-state index in [0.717, 1.165) is 22.1 Å². The molecule has 10 heteroatoms. The standard InChI is InChI=1S/C23H20F3N5O2/c1-30-13-11-27-21(30)15-33-19-8-4-17(5-9-19)22(32)28-14-16-2-6-18(7-3-16)31-12-10-20(29-31)23(24,25)26/h2-13H,14-15H2,1H3,(H,28,32). The summed E-state index contributed by atoms with van der Waals surface area (Å²) >= 11 is 0. The zero-order valence-electron chi connectivity index (χ0n) is 17.6. The van der Waals surface area contributed by atoms with Gasteiger partial charge in [-0.25, -0.2) is 9.67 Å². The lowest BCUT2D eigenvalue weighted by atomic mass is 10.1. The van der Waals surface area contributed by atoms with Crippen LogP contribution in [0, 0.1) is 0 Å². The highest BCUT2D eigenvalue weighted by Crippen LogP contribution is 2.27. The van der Waals surface area contributed by atoms with Crippen LogP contribution in [0.3, 0.4) is 0 Å². The van der Waals surface area contributed by atoms with Gasteiger partial charge in [0.25, 0.3) is 5.91 Å². The average molecular weight is 455 g/mol. The maximum atomic E-state index is 12.7. The molecule has 2 aromatic heterocycles. The maximum Gasteiger partial charge on any atom is 0.435 e. The number of nitrogens with one attached hydrogen (secondary N) is 1. The summed E-state index contributed by atoms with van der Waals surface area (Å²) in [6.45, 7) is 0.588. The molecular weight excluding hydrogens is 435 g/mol. The molecule has 4 aromatic rings. The molecular formula is C23H20F3N5O2. The largest absolute Gasteiger partial charge is 0.486 e. The van der Waals surface area contributed by atoms with Gasteiger partial charge in [-0.1, -0.05) is 12.1 Å². The topological polar surface area (TPSA) is 74.0 Å². The van der Waals surface area contributed by atoms with Gasteiger partial charge in [0.15, 0.2) is 5.69 Å². The SMILES string of the molecule is Cn1ccnc1COc1ccc(C(=O)NCc2ccc(-n3ccc(C(F)(F)F)n3)cc2)cc1. The molecule has 0 spiro atoms. The molecule has 0 unspecified atom stereocenters. The van der Waals surface area contributed by atoms with Crippen LogP contribution in [0.25, 0.3) is 5.69 Å². The van der Waals surface area contributed by atoms with Crippen LogP contribution in [0.4, 0.5) is 13.2 Å². The third-order valence-corrected chi connectivity index (χ3v) is 4.94. The molecule has 0 saturated heterocycles. The van der Waals surface area contributed by atoms with Crippen LogP contribution in [0.15, 0.2) is 73.2 Å². The molecule has 2 aromatic carbocycles. The summed E-state index contributed by atoms with van der Waals surface area (Å²) in [5, 5.41) is 6.36. The molecule has 0 aliphatic heterocycles. The number of rotatable bonds is 7. The Labute approximate surface area is 187 Å². The molecule has 0 aliphatic carbocycles. The quantitative estimate of drug-likeness (QED) is 0.455. The highest BCUT2D eigenvalue weighted by Gasteiger charge is 2.33. The van der Waals surface area contributed by atoms with E-state index >= 15 is 0 Å². The zero-order chi connectivity index (χ0) is 23.4. The van der Waals surface area contributed by atoms with Crippen LogP contribution in [-0.2, 0) is 26.4 Å². The van der Waals surface area contributed by atoms with Crippen LogP contribution in [0.2, 0.25) is 0 Å². The Kier molecular flexibility index (Phi) is 6.16. The Bertz CT molecular complexity index is 1230. The molecule has 7 nitrogen and oxygen atoms in total. The first-order valence-corrected chi connectivity index (χ1v) is 9.99. The van der Waals surface area contributed by atoms with E-state index in [-0.39, 0.29) is 12.5 Å². The second-order valence-corrected chi connectivity index (χ2v) is 7.26. The van der Waals surface area contributed by atoms with Crippen molar-refractivity contribution < 1.29 is 22.7 Å². The van der Waals surface area contributed by atoms with Gasteiger partial charge in [0, 0.05) is 37.7 Å². The smallest absolute Gasteiger partial charge is 0.435 e. The summed E-state index contributed by atoms with van der Waals surface area (Å²) in [4.78, 5) is 16.6. The molecule has 1 amide bonds. The summed E-state index contributed by atoms with van der Waals surface area (Å²) in [5.74, 6) is 1.16. The van der Waals surface area contributed by atoms with Gasteiger partial charge in [-0.2, -0.15) is 18.3 Å². The Balaban J connectivity index is 1.30. The fraction of sp³-hybridized carbons (Fsp3) is 0.174. The molecule has 4 rings (SSSR count). The van der Waals surface area contributed by atoms with E-state index in [4.69, 9.17) is 4.74 Å². The van der Waals surface area contributed by atoms with Gasteiger partial charge in [-0.05, 0) is 48.0 Å². The average Bonchev–Trinajstić information content (AvgIpc) is 3.46. The van der Waals surface area contributed by atoms with Crippen molar-refractivity contribution in [1.82, 2.24) is 24.6 Å². The van der Waals surface area contributed by atoms with E-state index in [1.54, 1.807) is 54.7 Å². The third-order valence-electron chi connectivity index (χ3n) is 4.94. The minimum Gasteiger partial charge on any atom is -0.486 e. The number of carbonyl (C=O) groups excluding carboxylic acids is 1. The number of imidazole rings is 1. The van der Waals surface area contributed by atoms with E-state index in [0.29, 0.717) is 23.6 Å². The van der Waals surface area contributed by atoms with Gasteiger partial charge in [0.2, 0.25) is 0 Å². The van der Waals surface area contributed by atoms with Crippen molar-refractivity contribution in [1.29, 1.82) is 0 Å². The van der Waals surface area contributed by atoms with E-state index in [9.17, 15) is 18.0 Å². The monoisotopic (exact) mass is 455 g/mol. The number of aromatic nitrogens is 4. The van der Waals surface area contributed by atoms with Crippen molar-refractivity contribution in [3.63, 3.8) is 0 Å². The Morgan fingerprint density at radius 1 is 1.03 bits per heavy atom. The van der Waals surface area contributed by atoms with Crippen LogP contribution < -0.4 is 10.1 Å². The Morgan fingerprint density at radius 3 is 2.36 bits per heavy atom. The number of halogens is 3. The van der Waals surface area contributed by atoms with Gasteiger partial charge in [0.1, 0.15) is 18.2 Å². The van der Waals surface area contributed by atoms with E-state index in [2.05, 4.69) is 15.4 Å². The Hall–Kier alpha value is -4.08. The number of hydrogen-bond donors (Lipinski definition) is 1. The first-order chi connectivity index (χ1) is 15.8. The molecule has 33 heavy (non-hydrogen) atoms. The van der Waals surface area contributed by atoms with Gasteiger partial charge >= 0.3 is 6.18 Å². The number of alkyl halides is 3. The van der Waals surface area contributed by atoms with E-state index in [1.807, 2.05) is 17.8 Å². The molecule has 0 radical (unpaired) electrons. The minimum atomic E-state index is -4.49. The van der Waals surface area contributed by atoms with Gasteiger partial charge in [-0.3, -0.25) is 4.79 Å². The summed E-state index contributed by atoms with van der Waals surface area (Å²) in [6.07, 6.45) is 0.295. The normalized spacial score (nSPS) is 11.4. The van der Waals surface area contributed by atoms with Gasteiger partial charge in [0.05, 0.1) is 5.69 Å². The van der Waals surface area contributed by atoms with E-state index in [1.165, 1.54) is 6.20 Å². The maximum absolute atomic E-state index is 12.7. The molecule has 0 fully saturated rings. The first kappa shape index (κ1) is 22.1. The molecule has 1 N–H and O–H groups in total. The van der Waals surface area contributed by atoms with Crippen molar-refractivity contribution in [3.8, 4) is 11.4 Å². The van der Waals surface area contributed by atoms with Gasteiger partial charge in [-0.15, -0.1) is 0 Å². The molecule has 0 aliphatic rings. The number of benzene rings is 2. The van der Waals surface area contributed by atoms with Crippen molar-refractivity contribution in [3.05, 3.63) is 95.8 Å². The van der Waals surface area contributed by atoms with Crippen molar-refractivity contribution in [2.24, 2.45) is 7.05 Å². The van der Waals surface area contributed by atoms with Crippen LogP contribution >= 0.6 is 0 Å². The van der Waals surface area contributed by atoms with Crippen LogP contribution in [0.1, 0.15) is 27.4 Å². The van der Waals surface area contributed by atoms with Crippen LogP contribution in [-0.4, -0.2) is 25.2 Å². The van der Waals surface area contributed by atoms with Crippen molar-refractivity contribution in [2.45, 2.75) is 19.3 Å². The summed E-state index contributed by atoms with van der Waals surface area (Å²) < 4.78 is 46.8. The van der Waals surface area contributed by atoms with E-state index < -0.39 is 11.9 Å². The predicted octanol–water partition coefficient (Wildman–Crippen LogP) is 4.13. The van der Waals surface area contributed by atoms with Crippen molar-refractivity contribution >= 4 is 5.91 Å². The second-order valence-electron chi connectivity index (χ2n) is 7.26. The number of ether oxygens (including phenoxy) is 1. The van der Waals surface area contributed by atoms with Crippen LogP contribution in [0.5, 0.6) is 5.75 Å². The lowest BCUT2D eigenvalue weighted by Crippen LogP contribution is -2.22. The molecule has 170 valence electrons. The molecule has 0 bridgehead atoms.